The monoisotopic (exact) mass is 335 g/mol. The van der Waals surface area contributed by atoms with Gasteiger partial charge in [-0.05, 0) is 24.1 Å². The van der Waals surface area contributed by atoms with Crippen LogP contribution in [0.3, 0.4) is 0 Å². The van der Waals surface area contributed by atoms with E-state index in [9.17, 15) is 4.79 Å². The third kappa shape index (κ3) is 2.80. The molecular formula is C17H17N7O. The Bertz CT molecular complexity index is 980. The normalized spacial score (nSPS) is 17.0. The SMILES string of the molecule is Cn1cc(-c2ccn3c(C(=O)N[C@@H]4CCN(C#N)C4)ncc3c2)cn1. The first kappa shape index (κ1) is 15.2. The quantitative estimate of drug-likeness (QED) is 0.722. The molecule has 1 aliphatic rings. The molecule has 1 saturated heterocycles. The van der Waals surface area contributed by atoms with E-state index in [-0.39, 0.29) is 11.9 Å². The molecule has 3 aromatic rings. The topological polar surface area (TPSA) is 91.2 Å². The van der Waals surface area contributed by atoms with Crippen molar-refractivity contribution in [1.29, 1.82) is 5.26 Å². The molecule has 4 rings (SSSR count). The van der Waals surface area contributed by atoms with Crippen LogP contribution in [0.25, 0.3) is 16.6 Å². The fourth-order valence-electron chi connectivity index (χ4n) is 3.14. The molecule has 1 aliphatic heterocycles. The minimum atomic E-state index is -0.223. The molecule has 4 heterocycles. The number of amides is 1. The van der Waals surface area contributed by atoms with E-state index in [1.165, 1.54) is 0 Å². The number of carbonyl (C=O) groups is 1. The number of pyridine rings is 1. The first-order chi connectivity index (χ1) is 12.1. The van der Waals surface area contributed by atoms with E-state index >= 15 is 0 Å². The second-order valence-electron chi connectivity index (χ2n) is 6.20. The standard InChI is InChI=1S/C17H17N7O/c1-22-9-13(7-20-22)12-2-5-24-15(6-12)8-19-16(24)17(25)21-14-3-4-23(10-14)11-18/h2,5-9,14H,3-4,10H2,1H3,(H,21,25)/t14-/m1/s1. The van der Waals surface area contributed by atoms with Crippen molar-refractivity contribution in [1.82, 2.24) is 29.4 Å². The van der Waals surface area contributed by atoms with Gasteiger partial charge in [0.05, 0.1) is 17.9 Å². The number of likely N-dealkylation sites (tertiary alicyclic amines) is 1. The minimum absolute atomic E-state index is 0.0193. The van der Waals surface area contributed by atoms with E-state index in [2.05, 4.69) is 21.6 Å². The van der Waals surface area contributed by atoms with Crippen LogP contribution in [-0.4, -0.2) is 49.1 Å². The summed E-state index contributed by atoms with van der Waals surface area (Å²) in [6.45, 7) is 1.23. The molecule has 0 aromatic carbocycles. The third-order valence-electron chi connectivity index (χ3n) is 4.44. The van der Waals surface area contributed by atoms with E-state index in [1.54, 1.807) is 26.4 Å². The number of nitrogens with zero attached hydrogens (tertiary/aromatic N) is 6. The number of aromatic nitrogens is 4. The van der Waals surface area contributed by atoms with Crippen molar-refractivity contribution in [3.8, 4) is 17.3 Å². The average Bonchev–Trinajstić information content (AvgIpc) is 3.33. The minimum Gasteiger partial charge on any atom is -0.345 e. The van der Waals surface area contributed by atoms with Gasteiger partial charge in [0.15, 0.2) is 6.19 Å². The predicted molar refractivity (Wildman–Crippen MR) is 90.5 cm³/mol. The maximum Gasteiger partial charge on any atom is 0.287 e. The van der Waals surface area contributed by atoms with E-state index in [4.69, 9.17) is 5.26 Å². The number of imidazole rings is 1. The highest BCUT2D eigenvalue weighted by molar-refractivity contribution is 5.92. The molecule has 1 fully saturated rings. The van der Waals surface area contributed by atoms with Crippen molar-refractivity contribution in [2.24, 2.45) is 7.05 Å². The molecule has 8 heteroatoms. The Labute approximate surface area is 144 Å². The summed E-state index contributed by atoms with van der Waals surface area (Å²) in [5.74, 6) is 0.127. The van der Waals surface area contributed by atoms with Crippen LogP contribution < -0.4 is 5.32 Å². The summed E-state index contributed by atoms with van der Waals surface area (Å²) in [4.78, 5) is 18.4. The molecule has 1 atom stereocenters. The van der Waals surface area contributed by atoms with Crippen molar-refractivity contribution in [2.45, 2.75) is 12.5 Å². The first-order valence-electron chi connectivity index (χ1n) is 8.06. The van der Waals surface area contributed by atoms with Crippen LogP contribution in [0.15, 0.2) is 36.9 Å². The number of hydrogen-bond acceptors (Lipinski definition) is 5. The number of aryl methyl sites for hydroxylation is 1. The van der Waals surface area contributed by atoms with Crippen LogP contribution >= 0.6 is 0 Å². The van der Waals surface area contributed by atoms with Crippen LogP contribution in [0, 0.1) is 11.5 Å². The van der Waals surface area contributed by atoms with Crippen molar-refractivity contribution in [3.05, 3.63) is 42.7 Å². The lowest BCUT2D eigenvalue weighted by Gasteiger charge is -2.11. The van der Waals surface area contributed by atoms with Crippen LogP contribution in [0.1, 0.15) is 17.0 Å². The molecule has 0 saturated carbocycles. The van der Waals surface area contributed by atoms with E-state index in [0.29, 0.717) is 18.9 Å². The maximum atomic E-state index is 12.5. The van der Waals surface area contributed by atoms with Crippen molar-refractivity contribution < 1.29 is 4.79 Å². The summed E-state index contributed by atoms with van der Waals surface area (Å²) in [6.07, 6.45) is 10.2. The molecule has 126 valence electrons. The zero-order valence-electron chi connectivity index (χ0n) is 13.8. The van der Waals surface area contributed by atoms with Gasteiger partial charge in [0.25, 0.3) is 5.91 Å². The third-order valence-corrected chi connectivity index (χ3v) is 4.44. The van der Waals surface area contributed by atoms with Gasteiger partial charge in [-0.1, -0.05) is 0 Å². The van der Waals surface area contributed by atoms with E-state index in [0.717, 1.165) is 23.1 Å². The lowest BCUT2D eigenvalue weighted by molar-refractivity contribution is 0.0927. The molecule has 1 amide bonds. The smallest absolute Gasteiger partial charge is 0.287 e. The highest BCUT2D eigenvalue weighted by Crippen LogP contribution is 2.21. The second kappa shape index (κ2) is 5.94. The zero-order valence-corrected chi connectivity index (χ0v) is 13.8. The highest BCUT2D eigenvalue weighted by Gasteiger charge is 2.24. The van der Waals surface area contributed by atoms with E-state index < -0.39 is 0 Å². The Morgan fingerprint density at radius 3 is 3.00 bits per heavy atom. The van der Waals surface area contributed by atoms with Crippen LogP contribution in [0.4, 0.5) is 0 Å². The summed E-state index contributed by atoms with van der Waals surface area (Å²) in [6, 6.07) is 3.90. The second-order valence-corrected chi connectivity index (χ2v) is 6.20. The number of nitrogens with one attached hydrogen (secondary N) is 1. The summed E-state index contributed by atoms with van der Waals surface area (Å²) < 4.78 is 3.52. The van der Waals surface area contributed by atoms with Gasteiger partial charge >= 0.3 is 0 Å². The summed E-state index contributed by atoms with van der Waals surface area (Å²) >= 11 is 0. The maximum absolute atomic E-state index is 12.5. The summed E-state index contributed by atoms with van der Waals surface area (Å²) in [5, 5.41) is 16.0. The van der Waals surface area contributed by atoms with Gasteiger partial charge in [0.2, 0.25) is 5.82 Å². The molecule has 0 aliphatic carbocycles. The Balaban J connectivity index is 1.57. The van der Waals surface area contributed by atoms with Gasteiger partial charge in [0, 0.05) is 44.1 Å². The number of nitriles is 1. The average molecular weight is 335 g/mol. The van der Waals surface area contributed by atoms with Crippen LogP contribution in [-0.2, 0) is 7.05 Å². The van der Waals surface area contributed by atoms with Gasteiger partial charge < -0.3 is 10.2 Å². The highest BCUT2D eigenvalue weighted by atomic mass is 16.2. The first-order valence-corrected chi connectivity index (χ1v) is 8.06. The number of rotatable bonds is 3. The van der Waals surface area contributed by atoms with Gasteiger partial charge in [-0.25, -0.2) is 4.98 Å². The fourth-order valence-corrected chi connectivity index (χ4v) is 3.14. The molecule has 0 bridgehead atoms. The fraction of sp³-hybridized carbons (Fsp3) is 0.294. The largest absolute Gasteiger partial charge is 0.345 e. The zero-order chi connectivity index (χ0) is 17.4. The molecule has 0 spiro atoms. The Morgan fingerprint density at radius 2 is 2.28 bits per heavy atom. The Hall–Kier alpha value is -3.34. The number of carbonyl (C=O) groups excluding carboxylic acids is 1. The van der Waals surface area contributed by atoms with Crippen molar-refractivity contribution >= 4 is 11.4 Å². The molecule has 0 radical (unpaired) electrons. The molecule has 0 unspecified atom stereocenters. The Kier molecular flexibility index (Phi) is 3.61. The predicted octanol–water partition coefficient (Wildman–Crippen LogP) is 1.02. The van der Waals surface area contributed by atoms with Gasteiger partial charge in [-0.15, -0.1) is 0 Å². The summed E-state index contributed by atoms with van der Waals surface area (Å²) in [7, 11) is 1.87. The van der Waals surface area contributed by atoms with Crippen molar-refractivity contribution in [2.75, 3.05) is 13.1 Å². The number of fused-ring (bicyclic) bond motifs is 1. The summed E-state index contributed by atoms with van der Waals surface area (Å²) in [5.41, 5.74) is 2.88. The van der Waals surface area contributed by atoms with Crippen LogP contribution in [0.2, 0.25) is 0 Å². The molecule has 3 aromatic heterocycles. The molecule has 25 heavy (non-hydrogen) atoms. The van der Waals surface area contributed by atoms with Gasteiger partial charge in [-0.2, -0.15) is 10.4 Å². The van der Waals surface area contributed by atoms with Gasteiger partial charge in [-0.3, -0.25) is 13.9 Å². The van der Waals surface area contributed by atoms with E-state index in [1.807, 2.05) is 31.6 Å². The van der Waals surface area contributed by atoms with Crippen molar-refractivity contribution in [3.63, 3.8) is 0 Å². The molecular weight excluding hydrogens is 318 g/mol. The van der Waals surface area contributed by atoms with Crippen LogP contribution in [0.5, 0.6) is 0 Å². The number of hydrogen-bond donors (Lipinski definition) is 1. The lowest BCUT2D eigenvalue weighted by atomic mass is 10.1. The lowest BCUT2D eigenvalue weighted by Crippen LogP contribution is -2.37. The Morgan fingerprint density at radius 1 is 1.40 bits per heavy atom. The molecule has 1 N–H and O–H groups in total. The molecule has 8 nitrogen and oxygen atoms in total. The van der Waals surface area contributed by atoms with Gasteiger partial charge in [0.1, 0.15) is 0 Å².